The third-order valence-electron chi connectivity index (χ3n) is 3.12. The van der Waals surface area contributed by atoms with Crippen molar-refractivity contribution in [3.05, 3.63) is 35.2 Å². The molecule has 1 aliphatic carbocycles. The second-order valence-electron chi connectivity index (χ2n) is 4.17. The van der Waals surface area contributed by atoms with E-state index in [1.807, 2.05) is 29.6 Å². The highest BCUT2D eigenvalue weighted by atomic mass is 32.1. The summed E-state index contributed by atoms with van der Waals surface area (Å²) in [7, 11) is 0. The Morgan fingerprint density at radius 1 is 1.38 bits per heavy atom. The number of nitrogens with zero attached hydrogens (tertiary/aromatic N) is 1. The Labute approximate surface area is 97.1 Å². The highest BCUT2D eigenvalue weighted by Gasteiger charge is 2.51. The Hall–Kier alpha value is -1.66. The van der Waals surface area contributed by atoms with Crippen molar-refractivity contribution in [2.75, 3.05) is 0 Å². The minimum atomic E-state index is -0.705. The largest absolute Gasteiger partial charge is 0.292 e. The van der Waals surface area contributed by atoms with E-state index in [4.69, 9.17) is 5.26 Å². The minimum absolute atomic E-state index is 0.00690. The van der Waals surface area contributed by atoms with E-state index in [0.29, 0.717) is 12.8 Å². The first-order chi connectivity index (χ1) is 7.77. The topological polar surface area (TPSA) is 40.9 Å². The lowest BCUT2D eigenvalue weighted by Crippen LogP contribution is -2.13. The van der Waals surface area contributed by atoms with Crippen molar-refractivity contribution in [1.29, 1.82) is 5.26 Å². The van der Waals surface area contributed by atoms with Crippen LogP contribution in [0.1, 0.15) is 23.2 Å². The van der Waals surface area contributed by atoms with Gasteiger partial charge in [-0.15, -0.1) is 11.3 Å². The number of ketones is 1. The Morgan fingerprint density at radius 3 is 2.81 bits per heavy atom. The standard InChI is InChI=1S/C13H9NOS/c14-8-13(5-6-13)12(15)10-7-16-11-4-2-1-3-9(10)11/h1-4,7H,5-6H2. The maximum atomic E-state index is 12.2. The molecule has 0 unspecified atom stereocenters. The average Bonchev–Trinajstić information content (AvgIpc) is 3.02. The van der Waals surface area contributed by atoms with E-state index in [1.165, 1.54) is 0 Å². The Balaban J connectivity index is 2.14. The first-order valence-electron chi connectivity index (χ1n) is 5.19. The summed E-state index contributed by atoms with van der Waals surface area (Å²) in [6, 6.07) is 10.0. The highest BCUT2D eigenvalue weighted by molar-refractivity contribution is 7.17. The number of nitriles is 1. The van der Waals surface area contributed by atoms with Crippen LogP contribution in [0.3, 0.4) is 0 Å². The van der Waals surface area contributed by atoms with Gasteiger partial charge < -0.3 is 0 Å². The van der Waals surface area contributed by atoms with Gasteiger partial charge in [-0.1, -0.05) is 18.2 Å². The van der Waals surface area contributed by atoms with E-state index in [1.54, 1.807) is 11.3 Å². The van der Waals surface area contributed by atoms with Crippen LogP contribution in [0.15, 0.2) is 29.6 Å². The maximum absolute atomic E-state index is 12.2. The second kappa shape index (κ2) is 3.16. The van der Waals surface area contributed by atoms with Crippen LogP contribution in [-0.4, -0.2) is 5.78 Å². The molecule has 2 aromatic rings. The van der Waals surface area contributed by atoms with Crippen LogP contribution in [0, 0.1) is 16.7 Å². The normalized spacial score (nSPS) is 16.9. The summed E-state index contributed by atoms with van der Waals surface area (Å²) in [5.74, 6) is 0.00690. The second-order valence-corrected chi connectivity index (χ2v) is 5.08. The average molecular weight is 227 g/mol. The molecule has 0 bridgehead atoms. The molecule has 78 valence electrons. The molecule has 3 heteroatoms. The number of carbonyl (C=O) groups is 1. The molecule has 1 saturated carbocycles. The van der Waals surface area contributed by atoms with Gasteiger partial charge in [0.1, 0.15) is 5.41 Å². The molecular weight excluding hydrogens is 218 g/mol. The van der Waals surface area contributed by atoms with Gasteiger partial charge >= 0.3 is 0 Å². The van der Waals surface area contributed by atoms with Crippen molar-refractivity contribution in [1.82, 2.24) is 0 Å². The van der Waals surface area contributed by atoms with E-state index in [-0.39, 0.29) is 5.78 Å². The van der Waals surface area contributed by atoms with Gasteiger partial charge in [0.05, 0.1) is 6.07 Å². The van der Waals surface area contributed by atoms with Crippen LogP contribution >= 0.6 is 11.3 Å². The molecule has 0 amide bonds. The summed E-state index contributed by atoms with van der Waals surface area (Å²) in [6.07, 6.45) is 1.43. The Morgan fingerprint density at radius 2 is 2.12 bits per heavy atom. The molecule has 2 nitrogen and oxygen atoms in total. The fourth-order valence-corrected chi connectivity index (χ4v) is 2.87. The van der Waals surface area contributed by atoms with E-state index in [2.05, 4.69) is 6.07 Å². The van der Waals surface area contributed by atoms with Gasteiger partial charge in [0.15, 0.2) is 5.78 Å². The van der Waals surface area contributed by atoms with Crippen LogP contribution in [-0.2, 0) is 0 Å². The molecule has 16 heavy (non-hydrogen) atoms. The first kappa shape index (κ1) is 9.56. The molecule has 1 aromatic heterocycles. The lowest BCUT2D eigenvalue weighted by atomic mass is 9.96. The van der Waals surface area contributed by atoms with Gasteiger partial charge in [-0.05, 0) is 18.9 Å². The van der Waals surface area contributed by atoms with Gasteiger partial charge in [0.25, 0.3) is 0 Å². The fourth-order valence-electron chi connectivity index (χ4n) is 1.93. The number of carbonyl (C=O) groups excluding carboxylic acids is 1. The molecule has 0 saturated heterocycles. The van der Waals surface area contributed by atoms with Crippen LogP contribution in [0.4, 0.5) is 0 Å². The number of hydrogen-bond acceptors (Lipinski definition) is 3. The number of Topliss-reactive ketones (excluding diaryl/α,β-unsaturated/α-hetero) is 1. The number of thiophene rings is 1. The van der Waals surface area contributed by atoms with Crippen molar-refractivity contribution in [2.24, 2.45) is 5.41 Å². The van der Waals surface area contributed by atoms with Gasteiger partial charge in [0, 0.05) is 21.0 Å². The van der Waals surface area contributed by atoms with E-state index in [0.717, 1.165) is 15.6 Å². The summed E-state index contributed by atoms with van der Waals surface area (Å²) in [6.45, 7) is 0. The molecule has 1 aromatic carbocycles. The summed E-state index contributed by atoms with van der Waals surface area (Å²) in [5.41, 5.74) is 0.0174. The van der Waals surface area contributed by atoms with Crippen LogP contribution in [0.5, 0.6) is 0 Å². The van der Waals surface area contributed by atoms with Crippen molar-refractivity contribution in [3.63, 3.8) is 0 Å². The molecule has 1 heterocycles. The Kier molecular flexibility index (Phi) is 1.89. The van der Waals surface area contributed by atoms with Gasteiger partial charge in [-0.2, -0.15) is 5.26 Å². The zero-order valence-corrected chi connectivity index (χ0v) is 9.38. The summed E-state index contributed by atoms with van der Waals surface area (Å²) in [4.78, 5) is 12.2. The molecule has 0 atom stereocenters. The predicted molar refractivity (Wildman–Crippen MR) is 63.4 cm³/mol. The smallest absolute Gasteiger partial charge is 0.184 e. The molecule has 0 N–H and O–H groups in total. The fraction of sp³-hybridized carbons (Fsp3) is 0.231. The lowest BCUT2D eigenvalue weighted by Gasteiger charge is -2.02. The minimum Gasteiger partial charge on any atom is -0.292 e. The predicted octanol–water partition coefficient (Wildman–Crippen LogP) is 3.39. The maximum Gasteiger partial charge on any atom is 0.184 e. The van der Waals surface area contributed by atoms with Crippen LogP contribution in [0.25, 0.3) is 10.1 Å². The van der Waals surface area contributed by atoms with Crippen molar-refractivity contribution < 1.29 is 4.79 Å². The van der Waals surface area contributed by atoms with E-state index < -0.39 is 5.41 Å². The number of hydrogen-bond donors (Lipinski definition) is 0. The zero-order chi connectivity index (χ0) is 11.2. The lowest BCUT2D eigenvalue weighted by molar-refractivity contribution is 0.0937. The molecule has 3 rings (SSSR count). The summed E-state index contributed by atoms with van der Waals surface area (Å²) >= 11 is 1.57. The molecule has 1 fully saturated rings. The van der Waals surface area contributed by atoms with E-state index >= 15 is 0 Å². The molecule has 0 spiro atoms. The number of fused-ring (bicyclic) bond motifs is 1. The van der Waals surface area contributed by atoms with Gasteiger partial charge in [-0.25, -0.2) is 0 Å². The third-order valence-corrected chi connectivity index (χ3v) is 4.09. The number of rotatable bonds is 2. The molecular formula is C13H9NOS. The monoisotopic (exact) mass is 227 g/mol. The molecule has 1 aliphatic rings. The molecule has 0 radical (unpaired) electrons. The van der Waals surface area contributed by atoms with Crippen molar-refractivity contribution >= 4 is 27.2 Å². The Bertz CT molecular complexity index is 616. The summed E-state index contributed by atoms with van der Waals surface area (Å²) < 4.78 is 1.11. The van der Waals surface area contributed by atoms with Crippen molar-refractivity contribution in [3.8, 4) is 6.07 Å². The van der Waals surface area contributed by atoms with Crippen LogP contribution < -0.4 is 0 Å². The van der Waals surface area contributed by atoms with E-state index in [9.17, 15) is 4.79 Å². The van der Waals surface area contributed by atoms with Crippen molar-refractivity contribution in [2.45, 2.75) is 12.8 Å². The van der Waals surface area contributed by atoms with Gasteiger partial charge in [-0.3, -0.25) is 4.79 Å². The van der Waals surface area contributed by atoms with Crippen LogP contribution in [0.2, 0.25) is 0 Å². The third kappa shape index (κ3) is 1.20. The first-order valence-corrected chi connectivity index (χ1v) is 6.07. The number of benzene rings is 1. The van der Waals surface area contributed by atoms with Gasteiger partial charge in [0.2, 0.25) is 0 Å². The zero-order valence-electron chi connectivity index (χ0n) is 8.56. The summed E-state index contributed by atoms with van der Waals surface area (Å²) in [5, 5.41) is 11.9. The quantitative estimate of drug-likeness (QED) is 0.738. The molecule has 0 aliphatic heterocycles. The SMILES string of the molecule is N#CC1(C(=O)c2csc3ccccc23)CC1. The highest BCUT2D eigenvalue weighted by Crippen LogP contribution is 2.48.